The fourth-order valence-electron chi connectivity index (χ4n) is 2.70. The lowest BCUT2D eigenvalue weighted by Gasteiger charge is -2.35. The highest BCUT2D eigenvalue weighted by atomic mass is 16.5. The second kappa shape index (κ2) is 4.69. The van der Waals surface area contributed by atoms with Gasteiger partial charge in [0.25, 0.3) is 0 Å². The van der Waals surface area contributed by atoms with E-state index in [4.69, 9.17) is 4.74 Å². The van der Waals surface area contributed by atoms with Crippen LogP contribution >= 0.6 is 0 Å². The molecule has 4 heteroatoms. The molecule has 0 saturated heterocycles. The summed E-state index contributed by atoms with van der Waals surface area (Å²) in [7, 11) is 1.63. The lowest BCUT2D eigenvalue weighted by atomic mass is 9.77. The van der Waals surface area contributed by atoms with Crippen LogP contribution in [0.25, 0.3) is 0 Å². The van der Waals surface area contributed by atoms with Crippen LogP contribution in [0.15, 0.2) is 6.20 Å². The second-order valence-electron chi connectivity index (χ2n) is 5.09. The molecule has 2 rings (SSSR count). The number of rotatable bonds is 3. The van der Waals surface area contributed by atoms with Gasteiger partial charge in [0.1, 0.15) is 11.3 Å². The summed E-state index contributed by atoms with van der Waals surface area (Å²) < 4.78 is 7.19. The van der Waals surface area contributed by atoms with Crippen LogP contribution in [0.2, 0.25) is 0 Å². The number of nitrogens with zero attached hydrogens (tertiary/aromatic N) is 2. The first kappa shape index (κ1) is 12.4. The Morgan fingerprint density at radius 1 is 1.53 bits per heavy atom. The van der Waals surface area contributed by atoms with Crippen LogP contribution in [-0.4, -0.2) is 22.0 Å². The molecule has 0 amide bonds. The van der Waals surface area contributed by atoms with E-state index in [1.165, 1.54) is 0 Å². The summed E-state index contributed by atoms with van der Waals surface area (Å²) in [6.45, 7) is 5.04. The molecule has 1 N–H and O–H groups in total. The van der Waals surface area contributed by atoms with Gasteiger partial charge in [-0.2, -0.15) is 5.10 Å². The lowest BCUT2D eigenvalue weighted by molar-refractivity contribution is -0.0213. The zero-order valence-corrected chi connectivity index (χ0v) is 10.9. The van der Waals surface area contributed by atoms with Crippen molar-refractivity contribution < 1.29 is 9.84 Å². The Morgan fingerprint density at radius 3 is 2.71 bits per heavy atom. The van der Waals surface area contributed by atoms with Gasteiger partial charge in [0.15, 0.2) is 5.75 Å². The fraction of sp³-hybridized carbons (Fsp3) is 0.769. The highest BCUT2D eigenvalue weighted by Crippen LogP contribution is 2.42. The van der Waals surface area contributed by atoms with E-state index in [-0.39, 0.29) is 0 Å². The molecular formula is C13H22N2O2. The highest BCUT2D eigenvalue weighted by molar-refractivity contribution is 5.31. The molecule has 0 radical (unpaired) electrons. The maximum Gasteiger partial charge on any atom is 0.162 e. The summed E-state index contributed by atoms with van der Waals surface area (Å²) in [5, 5.41) is 15.1. The zero-order valence-electron chi connectivity index (χ0n) is 10.9. The summed E-state index contributed by atoms with van der Waals surface area (Å²) in [6.07, 6.45) is 5.43. The largest absolute Gasteiger partial charge is 0.493 e. The summed E-state index contributed by atoms with van der Waals surface area (Å²) >= 11 is 0. The van der Waals surface area contributed by atoms with E-state index < -0.39 is 5.60 Å². The first-order chi connectivity index (χ1) is 8.10. The summed E-state index contributed by atoms with van der Waals surface area (Å²) in [5.74, 6) is 1.42. The summed E-state index contributed by atoms with van der Waals surface area (Å²) in [5.41, 5.74) is 0.0964. The SMILES string of the molecule is CCn1ncc(OC)c1C1(O)CCC(C)CC1. The van der Waals surface area contributed by atoms with Crippen LogP contribution in [0.3, 0.4) is 0 Å². The Labute approximate surface area is 103 Å². The van der Waals surface area contributed by atoms with Gasteiger partial charge in [-0.1, -0.05) is 6.92 Å². The van der Waals surface area contributed by atoms with Gasteiger partial charge in [0.05, 0.1) is 13.3 Å². The van der Waals surface area contributed by atoms with E-state index in [0.717, 1.165) is 37.9 Å². The van der Waals surface area contributed by atoms with Crippen LogP contribution in [0.5, 0.6) is 5.75 Å². The molecule has 0 spiro atoms. The number of ether oxygens (including phenoxy) is 1. The quantitative estimate of drug-likeness (QED) is 0.879. The third kappa shape index (κ3) is 2.18. The molecule has 1 heterocycles. The molecule has 1 aromatic heterocycles. The minimum absolute atomic E-state index is 0.708. The van der Waals surface area contributed by atoms with Crippen molar-refractivity contribution in [2.45, 2.75) is 51.7 Å². The van der Waals surface area contributed by atoms with Crippen molar-refractivity contribution in [2.75, 3.05) is 7.11 Å². The average molecular weight is 238 g/mol. The van der Waals surface area contributed by atoms with Crippen molar-refractivity contribution in [2.24, 2.45) is 5.92 Å². The monoisotopic (exact) mass is 238 g/mol. The van der Waals surface area contributed by atoms with Crippen LogP contribution in [0.1, 0.15) is 45.2 Å². The molecule has 1 aliphatic rings. The van der Waals surface area contributed by atoms with E-state index in [1.807, 2.05) is 11.6 Å². The molecule has 0 bridgehead atoms. The third-order valence-corrected chi connectivity index (χ3v) is 3.87. The number of hydrogen-bond donors (Lipinski definition) is 1. The second-order valence-corrected chi connectivity index (χ2v) is 5.09. The Kier molecular flexibility index (Phi) is 3.43. The van der Waals surface area contributed by atoms with Crippen molar-refractivity contribution in [3.63, 3.8) is 0 Å². The van der Waals surface area contributed by atoms with Crippen LogP contribution in [0, 0.1) is 5.92 Å². The van der Waals surface area contributed by atoms with E-state index in [1.54, 1.807) is 13.3 Å². The molecular weight excluding hydrogens is 216 g/mol. The van der Waals surface area contributed by atoms with E-state index >= 15 is 0 Å². The smallest absolute Gasteiger partial charge is 0.162 e. The number of aliphatic hydroxyl groups is 1. The fourth-order valence-corrected chi connectivity index (χ4v) is 2.70. The van der Waals surface area contributed by atoms with Gasteiger partial charge >= 0.3 is 0 Å². The molecule has 0 unspecified atom stereocenters. The van der Waals surface area contributed by atoms with Crippen molar-refractivity contribution in [1.82, 2.24) is 9.78 Å². The van der Waals surface area contributed by atoms with Crippen molar-refractivity contribution in [1.29, 1.82) is 0 Å². The number of aromatic nitrogens is 2. The average Bonchev–Trinajstić information content (AvgIpc) is 2.77. The minimum atomic E-state index is -0.760. The van der Waals surface area contributed by atoms with E-state index in [0.29, 0.717) is 11.7 Å². The van der Waals surface area contributed by atoms with E-state index in [9.17, 15) is 5.11 Å². The predicted molar refractivity (Wildman–Crippen MR) is 66.0 cm³/mol. The number of aryl methyl sites for hydroxylation is 1. The molecule has 1 saturated carbocycles. The van der Waals surface area contributed by atoms with Crippen LogP contribution < -0.4 is 4.74 Å². The molecule has 0 atom stereocenters. The van der Waals surface area contributed by atoms with Crippen molar-refractivity contribution in [3.05, 3.63) is 11.9 Å². The standard InChI is InChI=1S/C13H22N2O2/c1-4-15-12(11(17-3)9-14-15)13(16)7-5-10(2)6-8-13/h9-10,16H,4-8H2,1-3H3. The molecule has 96 valence electrons. The molecule has 0 aliphatic heterocycles. The van der Waals surface area contributed by atoms with Gasteiger partial charge in [0.2, 0.25) is 0 Å². The molecule has 0 aromatic carbocycles. The maximum absolute atomic E-state index is 10.8. The van der Waals surface area contributed by atoms with Gasteiger partial charge < -0.3 is 9.84 Å². The van der Waals surface area contributed by atoms with Crippen LogP contribution in [0.4, 0.5) is 0 Å². The molecule has 1 aliphatic carbocycles. The van der Waals surface area contributed by atoms with Gasteiger partial charge in [-0.25, -0.2) is 0 Å². The van der Waals surface area contributed by atoms with E-state index in [2.05, 4.69) is 12.0 Å². The number of methoxy groups -OCH3 is 1. The molecule has 1 fully saturated rings. The predicted octanol–water partition coefficient (Wildman–Crippen LogP) is 2.31. The first-order valence-corrected chi connectivity index (χ1v) is 6.43. The summed E-state index contributed by atoms with van der Waals surface area (Å²) in [6, 6.07) is 0. The third-order valence-electron chi connectivity index (χ3n) is 3.87. The Bertz CT molecular complexity index is 357. The molecule has 4 nitrogen and oxygen atoms in total. The lowest BCUT2D eigenvalue weighted by Crippen LogP contribution is -2.33. The minimum Gasteiger partial charge on any atom is -0.493 e. The van der Waals surface area contributed by atoms with Gasteiger partial charge in [-0.05, 0) is 38.5 Å². The normalized spacial score (nSPS) is 29.3. The zero-order chi connectivity index (χ0) is 12.5. The number of hydrogen-bond acceptors (Lipinski definition) is 3. The summed E-state index contributed by atoms with van der Waals surface area (Å²) in [4.78, 5) is 0. The Hall–Kier alpha value is -1.03. The Morgan fingerprint density at radius 2 is 2.18 bits per heavy atom. The van der Waals surface area contributed by atoms with Gasteiger partial charge in [-0.3, -0.25) is 4.68 Å². The molecule has 1 aromatic rings. The van der Waals surface area contributed by atoms with Crippen molar-refractivity contribution >= 4 is 0 Å². The van der Waals surface area contributed by atoms with Crippen LogP contribution in [-0.2, 0) is 12.1 Å². The highest BCUT2D eigenvalue weighted by Gasteiger charge is 2.38. The van der Waals surface area contributed by atoms with Gasteiger partial charge in [-0.15, -0.1) is 0 Å². The Balaban J connectivity index is 2.34. The molecule has 17 heavy (non-hydrogen) atoms. The van der Waals surface area contributed by atoms with Gasteiger partial charge in [0, 0.05) is 6.54 Å². The van der Waals surface area contributed by atoms with Crippen molar-refractivity contribution in [3.8, 4) is 5.75 Å². The first-order valence-electron chi connectivity index (χ1n) is 6.43. The maximum atomic E-state index is 10.8. The topological polar surface area (TPSA) is 47.3 Å².